The zero-order valence-electron chi connectivity index (χ0n) is 6.52. The van der Waals surface area contributed by atoms with Crippen LogP contribution in [0.4, 0.5) is 0 Å². The maximum atomic E-state index is 9.89. The second-order valence-corrected chi connectivity index (χ2v) is 4.59. The zero-order chi connectivity index (χ0) is 9.23. The minimum absolute atomic E-state index is 0.413. The minimum atomic E-state index is -0.413. The normalized spacial score (nSPS) is 11.1. The van der Waals surface area contributed by atoms with Crippen LogP contribution in [0.2, 0.25) is 0 Å². The summed E-state index contributed by atoms with van der Waals surface area (Å²) in [7, 11) is 3.30. The van der Waals surface area contributed by atoms with Crippen molar-refractivity contribution in [3.8, 4) is 0 Å². The van der Waals surface area contributed by atoms with Gasteiger partial charge in [-0.05, 0) is 12.2 Å². The minimum Gasteiger partial charge on any atom is -0.211 e. The largest absolute Gasteiger partial charge is 0.237 e. The quantitative estimate of drug-likeness (QED) is 0.226. The fraction of sp³-hybridized carbons (Fsp3) is 0.667. The van der Waals surface area contributed by atoms with Crippen molar-refractivity contribution in [3.05, 3.63) is 0 Å². The molecule has 0 saturated heterocycles. The highest BCUT2D eigenvalue weighted by Gasteiger charge is 2.02. The van der Waals surface area contributed by atoms with Crippen LogP contribution in [-0.2, 0) is 4.79 Å². The Balaban J connectivity index is 3.78. The van der Waals surface area contributed by atoms with Crippen molar-refractivity contribution < 1.29 is 4.79 Å². The summed E-state index contributed by atoms with van der Waals surface area (Å²) in [4.78, 5) is 17.0. The Kier molecular flexibility index (Phi) is 8.88. The SMILES string of the molecule is CCSSCC(N=C=O)N=C=S. The van der Waals surface area contributed by atoms with E-state index < -0.39 is 6.17 Å². The molecule has 0 fully saturated rings. The maximum absolute atomic E-state index is 9.89. The van der Waals surface area contributed by atoms with Crippen LogP contribution in [0.5, 0.6) is 0 Å². The lowest BCUT2D eigenvalue weighted by molar-refractivity contribution is 0.560. The number of isocyanates is 1. The van der Waals surface area contributed by atoms with Gasteiger partial charge in [-0.3, -0.25) is 0 Å². The molecular weight excluding hydrogens is 212 g/mol. The molecule has 6 heteroatoms. The Bertz CT molecular complexity index is 191. The number of isothiocyanates is 1. The van der Waals surface area contributed by atoms with Gasteiger partial charge in [-0.1, -0.05) is 28.5 Å². The lowest BCUT2D eigenvalue weighted by atomic mass is 10.6. The molecule has 0 aliphatic carbocycles. The Labute approximate surface area is 84.5 Å². The molecule has 1 unspecified atom stereocenters. The van der Waals surface area contributed by atoms with Crippen LogP contribution in [-0.4, -0.2) is 28.9 Å². The van der Waals surface area contributed by atoms with Gasteiger partial charge in [0.25, 0.3) is 0 Å². The summed E-state index contributed by atoms with van der Waals surface area (Å²) in [5.41, 5.74) is 0. The first-order valence-corrected chi connectivity index (χ1v) is 6.13. The van der Waals surface area contributed by atoms with Crippen LogP contribution in [0.3, 0.4) is 0 Å². The van der Waals surface area contributed by atoms with Crippen molar-refractivity contribution in [2.75, 3.05) is 11.5 Å². The molecule has 0 bridgehead atoms. The summed E-state index contributed by atoms with van der Waals surface area (Å²) < 4.78 is 0. The first-order chi connectivity index (χ1) is 5.85. The van der Waals surface area contributed by atoms with Crippen LogP contribution in [0.15, 0.2) is 9.98 Å². The van der Waals surface area contributed by atoms with Crippen molar-refractivity contribution in [3.63, 3.8) is 0 Å². The lowest BCUT2D eigenvalue weighted by Crippen LogP contribution is -2.02. The summed E-state index contributed by atoms with van der Waals surface area (Å²) >= 11 is 4.40. The number of nitrogens with zero attached hydrogens (tertiary/aromatic N) is 2. The van der Waals surface area contributed by atoms with E-state index in [1.54, 1.807) is 21.6 Å². The van der Waals surface area contributed by atoms with Crippen molar-refractivity contribution in [2.45, 2.75) is 13.1 Å². The van der Waals surface area contributed by atoms with Crippen molar-refractivity contribution >= 4 is 45.0 Å². The number of hydrogen-bond acceptors (Lipinski definition) is 6. The van der Waals surface area contributed by atoms with Gasteiger partial charge in [0.1, 0.15) is 0 Å². The summed E-state index contributed by atoms with van der Waals surface area (Å²) in [5, 5.41) is 2.19. The molecule has 0 heterocycles. The van der Waals surface area contributed by atoms with E-state index in [1.807, 2.05) is 0 Å². The molecule has 0 aliphatic rings. The smallest absolute Gasteiger partial charge is 0.211 e. The fourth-order valence-corrected chi connectivity index (χ4v) is 2.23. The van der Waals surface area contributed by atoms with Gasteiger partial charge in [-0.25, -0.2) is 9.79 Å². The molecule has 0 amide bonds. The third-order valence-corrected chi connectivity index (χ3v) is 3.38. The van der Waals surface area contributed by atoms with E-state index in [1.165, 1.54) is 6.08 Å². The summed E-state index contributed by atoms with van der Waals surface area (Å²) in [5.74, 6) is 1.65. The van der Waals surface area contributed by atoms with E-state index in [-0.39, 0.29) is 0 Å². The third-order valence-electron chi connectivity index (χ3n) is 0.822. The van der Waals surface area contributed by atoms with E-state index in [0.29, 0.717) is 5.75 Å². The van der Waals surface area contributed by atoms with Gasteiger partial charge in [-0.2, -0.15) is 4.99 Å². The standard InChI is InChI=1S/C6H8N2OS3/c1-2-11-12-3-6(7-4-9)8-5-10/h6H,2-3H2,1H3. The topological polar surface area (TPSA) is 41.8 Å². The highest BCUT2D eigenvalue weighted by molar-refractivity contribution is 8.76. The number of rotatable bonds is 6. The van der Waals surface area contributed by atoms with Gasteiger partial charge in [0.05, 0.1) is 5.16 Å². The number of hydrogen-bond donors (Lipinski definition) is 0. The van der Waals surface area contributed by atoms with Gasteiger partial charge >= 0.3 is 0 Å². The highest BCUT2D eigenvalue weighted by atomic mass is 33.1. The Hall–Kier alpha value is -0.120. The Morgan fingerprint density at radius 2 is 2.25 bits per heavy atom. The molecule has 1 atom stereocenters. The van der Waals surface area contributed by atoms with Crippen molar-refractivity contribution in [1.29, 1.82) is 0 Å². The second-order valence-electron chi connectivity index (χ2n) is 1.61. The lowest BCUT2D eigenvalue weighted by Gasteiger charge is -2.00. The van der Waals surface area contributed by atoms with Crippen molar-refractivity contribution in [1.82, 2.24) is 0 Å². The summed E-state index contributed by atoms with van der Waals surface area (Å²) in [6, 6.07) is 0. The van der Waals surface area contributed by atoms with Crippen molar-refractivity contribution in [2.24, 2.45) is 9.98 Å². The van der Waals surface area contributed by atoms with E-state index in [9.17, 15) is 4.79 Å². The zero-order valence-corrected chi connectivity index (χ0v) is 8.97. The first kappa shape index (κ1) is 11.9. The molecule has 0 rings (SSSR count). The molecule has 12 heavy (non-hydrogen) atoms. The molecule has 3 nitrogen and oxygen atoms in total. The predicted octanol–water partition coefficient (Wildman–Crippen LogP) is 2.15. The van der Waals surface area contributed by atoms with Gasteiger partial charge in [0.2, 0.25) is 6.08 Å². The molecule has 0 radical (unpaired) electrons. The Morgan fingerprint density at radius 1 is 1.50 bits per heavy atom. The molecule has 66 valence electrons. The van der Waals surface area contributed by atoms with Gasteiger partial charge in [0, 0.05) is 11.5 Å². The molecule has 0 spiro atoms. The van der Waals surface area contributed by atoms with Gasteiger partial charge < -0.3 is 0 Å². The number of thiocarbonyl (C=S) groups is 1. The number of aliphatic imine (C=N–C) groups is 2. The second kappa shape index (κ2) is 8.97. The average Bonchev–Trinajstić information content (AvgIpc) is 2.06. The molecule has 0 saturated carbocycles. The average molecular weight is 220 g/mol. The molecule has 0 aliphatic heterocycles. The van der Waals surface area contributed by atoms with E-state index in [0.717, 1.165) is 5.75 Å². The van der Waals surface area contributed by atoms with Crippen LogP contribution >= 0.6 is 33.8 Å². The van der Waals surface area contributed by atoms with Crippen LogP contribution in [0.25, 0.3) is 0 Å². The van der Waals surface area contributed by atoms with Gasteiger partial charge in [0.15, 0.2) is 6.17 Å². The molecule has 0 aromatic carbocycles. The van der Waals surface area contributed by atoms with E-state index in [4.69, 9.17) is 0 Å². The predicted molar refractivity (Wildman–Crippen MR) is 57.5 cm³/mol. The summed E-state index contributed by atoms with van der Waals surface area (Å²) in [6.45, 7) is 2.05. The first-order valence-electron chi connectivity index (χ1n) is 3.23. The third kappa shape index (κ3) is 6.58. The Morgan fingerprint density at radius 3 is 2.75 bits per heavy atom. The molecule has 0 aromatic rings. The molecule has 0 N–H and O–H groups in total. The van der Waals surface area contributed by atoms with Crippen LogP contribution < -0.4 is 0 Å². The highest BCUT2D eigenvalue weighted by Crippen LogP contribution is 2.22. The fourth-order valence-electron chi connectivity index (χ4n) is 0.417. The monoisotopic (exact) mass is 220 g/mol. The van der Waals surface area contributed by atoms with E-state index in [2.05, 4.69) is 34.3 Å². The number of carbonyl (C=O) groups excluding carboxylic acids is 1. The van der Waals surface area contributed by atoms with Crippen LogP contribution in [0.1, 0.15) is 6.92 Å². The van der Waals surface area contributed by atoms with Gasteiger partial charge in [-0.15, -0.1) is 0 Å². The van der Waals surface area contributed by atoms with E-state index >= 15 is 0 Å². The summed E-state index contributed by atoms with van der Waals surface area (Å²) in [6.07, 6.45) is 1.04. The maximum Gasteiger partial charge on any atom is 0.237 e. The van der Waals surface area contributed by atoms with Crippen LogP contribution in [0, 0.1) is 0 Å². The molecular formula is C6H8N2OS3. The molecule has 0 aromatic heterocycles.